The first kappa shape index (κ1) is 13.6. The molecule has 0 radical (unpaired) electrons. The van der Waals surface area contributed by atoms with Crippen molar-refractivity contribution in [3.8, 4) is 0 Å². The third-order valence-corrected chi connectivity index (χ3v) is 3.11. The summed E-state index contributed by atoms with van der Waals surface area (Å²) < 4.78 is 19.3. The van der Waals surface area contributed by atoms with Gasteiger partial charge in [-0.15, -0.1) is 0 Å². The van der Waals surface area contributed by atoms with Gasteiger partial charge in [0.1, 0.15) is 5.82 Å². The maximum atomic E-state index is 13.7. The Labute approximate surface area is 110 Å². The predicted octanol–water partition coefficient (Wildman–Crippen LogP) is 1.72. The lowest BCUT2D eigenvalue weighted by Gasteiger charge is -2.37. The van der Waals surface area contributed by atoms with Crippen LogP contribution in [0.4, 0.5) is 15.8 Å². The van der Waals surface area contributed by atoms with Crippen LogP contribution in [0, 0.1) is 5.82 Å². The van der Waals surface area contributed by atoms with Crippen LogP contribution in [-0.4, -0.2) is 36.4 Å². The summed E-state index contributed by atoms with van der Waals surface area (Å²) in [5.74, 6) is -2.09. The second-order valence-corrected chi connectivity index (χ2v) is 4.86. The maximum absolute atomic E-state index is 13.7. The molecule has 3 N–H and O–H groups in total. The molecule has 1 heterocycles. The van der Waals surface area contributed by atoms with E-state index >= 15 is 0 Å². The van der Waals surface area contributed by atoms with E-state index in [0.717, 1.165) is 6.07 Å². The molecule has 19 heavy (non-hydrogen) atoms. The Morgan fingerprint density at radius 3 is 2.53 bits per heavy atom. The van der Waals surface area contributed by atoms with Crippen molar-refractivity contribution in [1.82, 2.24) is 0 Å². The van der Waals surface area contributed by atoms with Crippen molar-refractivity contribution in [3.05, 3.63) is 23.5 Å². The van der Waals surface area contributed by atoms with Crippen LogP contribution in [0.15, 0.2) is 12.1 Å². The van der Waals surface area contributed by atoms with Crippen molar-refractivity contribution in [2.45, 2.75) is 26.1 Å². The highest BCUT2D eigenvalue weighted by Crippen LogP contribution is 2.29. The van der Waals surface area contributed by atoms with E-state index in [1.807, 2.05) is 18.7 Å². The molecule has 1 aromatic carbocycles. The molecule has 1 aromatic rings. The lowest BCUT2D eigenvalue weighted by molar-refractivity contribution is -0.00519. The predicted molar refractivity (Wildman–Crippen MR) is 70.0 cm³/mol. The van der Waals surface area contributed by atoms with Gasteiger partial charge in [0.15, 0.2) is 0 Å². The van der Waals surface area contributed by atoms with Crippen molar-refractivity contribution in [1.29, 1.82) is 0 Å². The zero-order valence-electron chi connectivity index (χ0n) is 10.9. The third kappa shape index (κ3) is 2.78. The molecular weight excluding hydrogens is 251 g/mol. The van der Waals surface area contributed by atoms with Crippen molar-refractivity contribution < 1.29 is 19.0 Å². The largest absolute Gasteiger partial charge is 0.478 e. The van der Waals surface area contributed by atoms with Crippen molar-refractivity contribution >= 4 is 17.3 Å². The molecule has 0 bridgehead atoms. The fraction of sp³-hybridized carbons (Fsp3) is 0.462. The van der Waals surface area contributed by atoms with Crippen LogP contribution in [0.3, 0.4) is 0 Å². The van der Waals surface area contributed by atoms with E-state index in [1.54, 1.807) is 0 Å². The van der Waals surface area contributed by atoms with Gasteiger partial charge in [0.25, 0.3) is 0 Å². The molecule has 0 amide bonds. The number of carbonyl (C=O) groups is 1. The van der Waals surface area contributed by atoms with E-state index in [9.17, 15) is 9.18 Å². The number of carboxylic acids is 1. The number of morpholine rings is 1. The number of nitrogen functional groups attached to an aromatic ring is 1. The van der Waals surface area contributed by atoms with Gasteiger partial charge in [-0.25, -0.2) is 9.18 Å². The summed E-state index contributed by atoms with van der Waals surface area (Å²) in [4.78, 5) is 12.8. The first-order valence-electron chi connectivity index (χ1n) is 6.11. The summed E-state index contributed by atoms with van der Waals surface area (Å²) in [5.41, 5.74) is 6.21. The number of aromatic carboxylic acids is 1. The lowest BCUT2D eigenvalue weighted by Crippen LogP contribution is -2.45. The van der Waals surface area contributed by atoms with Gasteiger partial charge in [0, 0.05) is 19.2 Å². The first-order chi connectivity index (χ1) is 8.88. The van der Waals surface area contributed by atoms with Crippen molar-refractivity contribution in [2.75, 3.05) is 23.7 Å². The van der Waals surface area contributed by atoms with Crippen molar-refractivity contribution in [2.24, 2.45) is 0 Å². The summed E-state index contributed by atoms with van der Waals surface area (Å²) in [6.45, 7) is 5.06. The molecule has 2 atom stereocenters. The van der Waals surface area contributed by atoms with Crippen LogP contribution in [0.25, 0.3) is 0 Å². The quantitative estimate of drug-likeness (QED) is 0.799. The Hall–Kier alpha value is -1.82. The van der Waals surface area contributed by atoms with Crippen LogP contribution >= 0.6 is 0 Å². The van der Waals surface area contributed by atoms with Gasteiger partial charge in [0.05, 0.1) is 29.1 Å². The van der Waals surface area contributed by atoms with Crippen LogP contribution in [0.2, 0.25) is 0 Å². The van der Waals surface area contributed by atoms with Gasteiger partial charge >= 0.3 is 5.97 Å². The average molecular weight is 268 g/mol. The summed E-state index contributed by atoms with van der Waals surface area (Å²) in [7, 11) is 0. The Balaban J connectivity index is 2.35. The summed E-state index contributed by atoms with van der Waals surface area (Å²) in [6, 6.07) is 2.35. The highest BCUT2D eigenvalue weighted by Gasteiger charge is 2.25. The molecule has 6 heteroatoms. The smallest absolute Gasteiger partial charge is 0.338 e. The minimum Gasteiger partial charge on any atom is -0.478 e. The highest BCUT2D eigenvalue weighted by molar-refractivity contribution is 5.91. The maximum Gasteiger partial charge on any atom is 0.338 e. The normalized spacial score (nSPS) is 23.4. The topological polar surface area (TPSA) is 75.8 Å². The average Bonchev–Trinajstić information content (AvgIpc) is 2.30. The SMILES string of the molecule is C[C@@H]1CN(c2cc(F)c(C(=O)O)cc2N)C[C@H](C)O1. The zero-order chi connectivity index (χ0) is 14.2. The number of carboxylic acid groups (broad SMARTS) is 1. The van der Waals surface area contributed by atoms with Crippen LogP contribution in [-0.2, 0) is 4.74 Å². The number of hydrogen-bond donors (Lipinski definition) is 2. The molecule has 104 valence electrons. The van der Waals surface area contributed by atoms with Crippen LogP contribution < -0.4 is 10.6 Å². The van der Waals surface area contributed by atoms with E-state index in [2.05, 4.69) is 0 Å². The standard InChI is InChI=1S/C13H17FN2O3/c1-7-5-16(6-8(2)19-7)12-4-10(14)9(13(17)18)3-11(12)15/h3-4,7-8H,5-6,15H2,1-2H3,(H,17,18)/t7-,8+. The van der Waals surface area contributed by atoms with Gasteiger partial charge in [-0.2, -0.15) is 0 Å². The Kier molecular flexibility index (Phi) is 3.61. The van der Waals surface area contributed by atoms with Gasteiger partial charge < -0.3 is 20.5 Å². The fourth-order valence-electron chi connectivity index (χ4n) is 2.39. The number of rotatable bonds is 2. The molecular formula is C13H17FN2O3. The highest BCUT2D eigenvalue weighted by atomic mass is 19.1. The molecule has 0 unspecified atom stereocenters. The minimum atomic E-state index is -1.32. The van der Waals surface area contributed by atoms with Crippen LogP contribution in [0.1, 0.15) is 24.2 Å². The number of anilines is 2. The molecule has 0 aliphatic carbocycles. The van der Waals surface area contributed by atoms with E-state index in [1.165, 1.54) is 6.07 Å². The fourth-order valence-corrected chi connectivity index (χ4v) is 2.39. The Morgan fingerprint density at radius 1 is 1.42 bits per heavy atom. The molecule has 0 spiro atoms. The Morgan fingerprint density at radius 2 is 2.00 bits per heavy atom. The monoisotopic (exact) mass is 268 g/mol. The van der Waals surface area contributed by atoms with Crippen LogP contribution in [0.5, 0.6) is 0 Å². The van der Waals surface area contributed by atoms with E-state index < -0.39 is 17.3 Å². The number of halogens is 1. The first-order valence-corrected chi connectivity index (χ1v) is 6.11. The minimum absolute atomic E-state index is 0.0189. The third-order valence-electron chi connectivity index (χ3n) is 3.11. The second-order valence-electron chi connectivity index (χ2n) is 4.86. The zero-order valence-corrected chi connectivity index (χ0v) is 10.9. The van der Waals surface area contributed by atoms with E-state index in [4.69, 9.17) is 15.6 Å². The summed E-state index contributed by atoms with van der Waals surface area (Å²) >= 11 is 0. The second kappa shape index (κ2) is 5.05. The Bertz CT molecular complexity index is 497. The summed E-state index contributed by atoms with van der Waals surface area (Å²) in [6.07, 6.45) is 0.0377. The van der Waals surface area contributed by atoms with Gasteiger partial charge in [0.2, 0.25) is 0 Å². The van der Waals surface area contributed by atoms with Gasteiger partial charge in [-0.3, -0.25) is 0 Å². The molecule has 0 aromatic heterocycles. The number of nitrogens with two attached hydrogens (primary N) is 1. The van der Waals surface area contributed by atoms with Gasteiger partial charge in [-0.05, 0) is 19.9 Å². The number of benzene rings is 1. The molecule has 1 saturated heterocycles. The molecule has 1 aliphatic rings. The van der Waals surface area contributed by atoms with E-state index in [0.29, 0.717) is 18.8 Å². The van der Waals surface area contributed by atoms with E-state index in [-0.39, 0.29) is 17.9 Å². The van der Waals surface area contributed by atoms with Gasteiger partial charge in [-0.1, -0.05) is 0 Å². The number of nitrogens with zero attached hydrogens (tertiary/aromatic N) is 1. The molecule has 1 aliphatic heterocycles. The number of hydrogen-bond acceptors (Lipinski definition) is 4. The number of ether oxygens (including phenoxy) is 1. The van der Waals surface area contributed by atoms with Crippen molar-refractivity contribution in [3.63, 3.8) is 0 Å². The molecule has 2 rings (SSSR count). The summed E-state index contributed by atoms with van der Waals surface area (Å²) in [5, 5.41) is 8.85. The molecule has 1 fully saturated rings. The lowest BCUT2D eigenvalue weighted by atomic mass is 10.1. The molecule has 0 saturated carbocycles. The molecule has 5 nitrogen and oxygen atoms in total.